The zero-order valence-electron chi connectivity index (χ0n) is 8.13. The first kappa shape index (κ1) is 12.3. The summed E-state index contributed by atoms with van der Waals surface area (Å²) in [6, 6.07) is 4.00. The van der Waals surface area contributed by atoms with Crippen molar-refractivity contribution in [2.45, 2.75) is 13.0 Å². The molecule has 1 N–H and O–H groups in total. The van der Waals surface area contributed by atoms with Gasteiger partial charge in [-0.05, 0) is 19.1 Å². The predicted molar refractivity (Wildman–Crippen MR) is 62.2 cm³/mol. The number of thiol groups is 1. The van der Waals surface area contributed by atoms with E-state index in [1.54, 1.807) is 6.92 Å². The van der Waals surface area contributed by atoms with E-state index in [1.807, 2.05) is 0 Å². The number of carbonyl (C=O) groups is 1. The van der Waals surface area contributed by atoms with Crippen molar-refractivity contribution in [1.29, 1.82) is 0 Å². The summed E-state index contributed by atoms with van der Waals surface area (Å²) >= 11 is 9.74. The van der Waals surface area contributed by atoms with Gasteiger partial charge in [0.15, 0.2) is 0 Å². The Balaban J connectivity index is 2.91. The van der Waals surface area contributed by atoms with Crippen LogP contribution in [0, 0.1) is 5.82 Å². The number of hydrogen-bond donors (Lipinski definition) is 2. The minimum Gasteiger partial charge on any atom is -0.349 e. The highest BCUT2D eigenvalue weighted by Gasteiger charge is 2.16. The molecule has 1 amide bonds. The van der Waals surface area contributed by atoms with Gasteiger partial charge >= 0.3 is 0 Å². The summed E-state index contributed by atoms with van der Waals surface area (Å²) in [5.41, 5.74) is -0.118. The third-order valence-corrected chi connectivity index (χ3v) is 2.70. The quantitative estimate of drug-likeness (QED) is 0.790. The van der Waals surface area contributed by atoms with E-state index >= 15 is 0 Å². The molecule has 0 fully saturated rings. The second-order valence-electron chi connectivity index (χ2n) is 3.15. The normalized spacial score (nSPS) is 12.3. The molecular weight excluding hydrogens is 237 g/mol. The van der Waals surface area contributed by atoms with Gasteiger partial charge in [0.25, 0.3) is 5.91 Å². The lowest BCUT2D eigenvalue weighted by Crippen LogP contribution is -2.34. The molecule has 1 aromatic rings. The van der Waals surface area contributed by atoms with E-state index < -0.39 is 11.7 Å². The second kappa shape index (κ2) is 5.37. The van der Waals surface area contributed by atoms with Crippen molar-refractivity contribution in [1.82, 2.24) is 5.32 Å². The third kappa shape index (κ3) is 3.11. The van der Waals surface area contributed by atoms with Crippen molar-refractivity contribution in [3.8, 4) is 0 Å². The molecule has 2 nitrogen and oxygen atoms in total. The molecule has 0 aliphatic heterocycles. The zero-order chi connectivity index (χ0) is 11.4. The van der Waals surface area contributed by atoms with Crippen LogP contribution in [0.15, 0.2) is 18.2 Å². The second-order valence-corrected chi connectivity index (χ2v) is 3.93. The lowest BCUT2D eigenvalue weighted by Gasteiger charge is -2.12. The van der Waals surface area contributed by atoms with E-state index in [4.69, 9.17) is 11.6 Å². The monoisotopic (exact) mass is 247 g/mol. The van der Waals surface area contributed by atoms with Gasteiger partial charge in [0.05, 0.1) is 10.6 Å². The third-order valence-electron chi connectivity index (χ3n) is 1.84. The van der Waals surface area contributed by atoms with Crippen LogP contribution in [-0.4, -0.2) is 17.7 Å². The topological polar surface area (TPSA) is 29.1 Å². The first-order valence-corrected chi connectivity index (χ1v) is 5.43. The van der Waals surface area contributed by atoms with E-state index in [0.29, 0.717) is 5.75 Å². The predicted octanol–water partition coefficient (Wildman–Crippen LogP) is 2.53. The molecule has 0 aliphatic carbocycles. The van der Waals surface area contributed by atoms with Gasteiger partial charge in [-0.1, -0.05) is 17.7 Å². The molecule has 0 aromatic heterocycles. The fourth-order valence-electron chi connectivity index (χ4n) is 1.06. The zero-order valence-corrected chi connectivity index (χ0v) is 9.78. The highest BCUT2D eigenvalue weighted by Crippen LogP contribution is 2.18. The molecule has 1 unspecified atom stereocenters. The molecule has 0 radical (unpaired) electrons. The average Bonchev–Trinajstić information content (AvgIpc) is 2.17. The number of rotatable bonds is 3. The van der Waals surface area contributed by atoms with E-state index in [1.165, 1.54) is 18.2 Å². The van der Waals surface area contributed by atoms with Gasteiger partial charge in [0, 0.05) is 11.8 Å². The van der Waals surface area contributed by atoms with Crippen molar-refractivity contribution in [2.24, 2.45) is 0 Å². The van der Waals surface area contributed by atoms with Crippen molar-refractivity contribution < 1.29 is 9.18 Å². The molecule has 1 rings (SSSR count). The Labute approximate surface area is 98.2 Å². The first-order valence-electron chi connectivity index (χ1n) is 4.42. The van der Waals surface area contributed by atoms with Crippen LogP contribution in [0.3, 0.4) is 0 Å². The molecule has 15 heavy (non-hydrogen) atoms. The van der Waals surface area contributed by atoms with E-state index in [0.717, 1.165) is 0 Å². The number of nitrogens with one attached hydrogen (secondary N) is 1. The van der Waals surface area contributed by atoms with Crippen molar-refractivity contribution in [2.75, 3.05) is 5.75 Å². The summed E-state index contributed by atoms with van der Waals surface area (Å²) in [5.74, 6) is -0.649. The highest BCUT2D eigenvalue weighted by molar-refractivity contribution is 7.80. The molecule has 0 spiro atoms. The molecule has 0 bridgehead atoms. The first-order chi connectivity index (χ1) is 7.06. The molecule has 0 aliphatic rings. The molecular formula is C10H11ClFNOS. The summed E-state index contributed by atoms with van der Waals surface area (Å²) < 4.78 is 13.3. The number of benzene rings is 1. The Morgan fingerprint density at radius 3 is 2.87 bits per heavy atom. The van der Waals surface area contributed by atoms with Gasteiger partial charge in [-0.15, -0.1) is 0 Å². The molecule has 0 saturated carbocycles. The maximum absolute atomic E-state index is 13.3. The van der Waals surface area contributed by atoms with Crippen LogP contribution in [0.4, 0.5) is 4.39 Å². The summed E-state index contributed by atoms with van der Waals surface area (Å²) in [4.78, 5) is 11.6. The fourth-order valence-corrected chi connectivity index (χ4v) is 1.40. The van der Waals surface area contributed by atoms with Crippen LogP contribution in [0.2, 0.25) is 5.02 Å². The van der Waals surface area contributed by atoms with Gasteiger partial charge in [-0.2, -0.15) is 12.6 Å². The Hall–Kier alpha value is -0.740. The van der Waals surface area contributed by atoms with E-state index in [9.17, 15) is 9.18 Å². The largest absolute Gasteiger partial charge is 0.349 e. The smallest absolute Gasteiger partial charge is 0.256 e. The van der Waals surface area contributed by atoms with Crippen LogP contribution < -0.4 is 5.32 Å². The lowest BCUT2D eigenvalue weighted by atomic mass is 10.2. The van der Waals surface area contributed by atoms with E-state index in [-0.39, 0.29) is 16.6 Å². The van der Waals surface area contributed by atoms with Crippen molar-refractivity contribution in [3.63, 3.8) is 0 Å². The van der Waals surface area contributed by atoms with Gasteiger partial charge in [0.2, 0.25) is 0 Å². The molecule has 0 heterocycles. The number of amides is 1. The Bertz CT molecular complexity index is 352. The summed E-state index contributed by atoms with van der Waals surface area (Å²) in [5, 5.41) is 2.70. The fraction of sp³-hybridized carbons (Fsp3) is 0.300. The minimum absolute atomic E-state index is 0.110. The molecule has 1 aromatic carbocycles. The minimum atomic E-state index is -0.619. The highest BCUT2D eigenvalue weighted by atomic mass is 35.5. The van der Waals surface area contributed by atoms with Gasteiger partial charge in [-0.3, -0.25) is 4.79 Å². The van der Waals surface area contributed by atoms with Crippen LogP contribution >= 0.6 is 24.2 Å². The van der Waals surface area contributed by atoms with Crippen molar-refractivity contribution in [3.05, 3.63) is 34.6 Å². The molecule has 82 valence electrons. The number of hydrogen-bond acceptors (Lipinski definition) is 2. The van der Waals surface area contributed by atoms with Crippen LogP contribution in [0.25, 0.3) is 0 Å². The maximum Gasteiger partial charge on any atom is 0.256 e. The van der Waals surface area contributed by atoms with E-state index in [2.05, 4.69) is 17.9 Å². The van der Waals surface area contributed by atoms with Gasteiger partial charge in [0.1, 0.15) is 5.82 Å². The molecule has 5 heteroatoms. The lowest BCUT2D eigenvalue weighted by molar-refractivity contribution is 0.0940. The molecule has 0 saturated heterocycles. The average molecular weight is 248 g/mol. The van der Waals surface area contributed by atoms with Crippen LogP contribution in [0.5, 0.6) is 0 Å². The van der Waals surface area contributed by atoms with Crippen LogP contribution in [0.1, 0.15) is 17.3 Å². The number of carbonyl (C=O) groups excluding carboxylic acids is 1. The van der Waals surface area contributed by atoms with Crippen molar-refractivity contribution >= 4 is 30.1 Å². The Morgan fingerprint density at radius 2 is 2.33 bits per heavy atom. The summed E-state index contributed by atoms with van der Waals surface area (Å²) in [6.07, 6.45) is 0. The maximum atomic E-state index is 13.3. The van der Waals surface area contributed by atoms with Gasteiger partial charge in [-0.25, -0.2) is 4.39 Å². The summed E-state index contributed by atoms with van der Waals surface area (Å²) in [6.45, 7) is 1.78. The SMILES string of the molecule is CC(CS)NC(=O)c1c(F)cccc1Cl. The Kier molecular flexibility index (Phi) is 4.42. The Morgan fingerprint density at radius 1 is 1.67 bits per heavy atom. The standard InChI is InChI=1S/C10H11ClFNOS/c1-6(5-15)13-10(14)9-7(11)3-2-4-8(9)12/h2-4,6,15H,5H2,1H3,(H,13,14). The number of halogens is 2. The molecule has 1 atom stereocenters. The summed E-state index contributed by atoms with van der Waals surface area (Å²) in [7, 11) is 0. The van der Waals surface area contributed by atoms with Gasteiger partial charge < -0.3 is 5.32 Å². The van der Waals surface area contributed by atoms with Crippen LogP contribution in [-0.2, 0) is 0 Å².